The zero-order chi connectivity index (χ0) is 16.5. The van der Waals surface area contributed by atoms with E-state index < -0.39 is 0 Å². The van der Waals surface area contributed by atoms with Crippen LogP contribution in [0, 0.1) is 5.41 Å². The summed E-state index contributed by atoms with van der Waals surface area (Å²) in [6, 6.07) is 16.3. The Morgan fingerprint density at radius 1 is 0.958 bits per heavy atom. The second-order valence-electron chi connectivity index (χ2n) is 7.57. The van der Waals surface area contributed by atoms with Gasteiger partial charge in [-0.05, 0) is 29.4 Å². The standard InChI is InChI=1S/C21H18N2O/c1-21(2)11-17-19(18(24)12-21)13-7-3-4-8-14(13)20-22-15-9-5-6-10-16(15)23(17)20/h3-10H,11-12H2,1-2H3. The van der Waals surface area contributed by atoms with Crippen LogP contribution in [-0.4, -0.2) is 15.2 Å². The van der Waals surface area contributed by atoms with Crippen molar-refractivity contribution in [3.05, 3.63) is 59.8 Å². The Morgan fingerprint density at radius 3 is 2.50 bits per heavy atom. The van der Waals surface area contributed by atoms with Crippen LogP contribution in [0.1, 0.15) is 36.3 Å². The minimum Gasteiger partial charge on any atom is -0.295 e. The van der Waals surface area contributed by atoms with Crippen molar-refractivity contribution in [3.8, 4) is 0 Å². The molecule has 0 saturated heterocycles. The fourth-order valence-corrected chi connectivity index (χ4v) is 4.16. The first-order valence-corrected chi connectivity index (χ1v) is 8.39. The highest BCUT2D eigenvalue weighted by molar-refractivity contribution is 6.14. The number of carbonyl (C=O) groups excluding carboxylic acids is 1. The molecule has 118 valence electrons. The number of nitrogens with zero attached hydrogens (tertiary/aromatic N) is 2. The largest absolute Gasteiger partial charge is 0.295 e. The molecule has 5 rings (SSSR count). The average Bonchev–Trinajstić information content (AvgIpc) is 2.93. The van der Waals surface area contributed by atoms with Crippen LogP contribution in [0.15, 0.2) is 48.5 Å². The number of hydrogen-bond donors (Lipinski definition) is 0. The topological polar surface area (TPSA) is 34.4 Å². The Balaban J connectivity index is 2.09. The normalized spacial score (nSPS) is 16.8. The van der Waals surface area contributed by atoms with Crippen LogP contribution < -0.4 is 0 Å². The van der Waals surface area contributed by atoms with Crippen LogP contribution in [0.5, 0.6) is 0 Å². The summed E-state index contributed by atoms with van der Waals surface area (Å²) in [5.74, 6) is 0.247. The summed E-state index contributed by atoms with van der Waals surface area (Å²) in [7, 11) is 0. The number of aromatic nitrogens is 2. The Hall–Kier alpha value is -2.68. The maximum atomic E-state index is 13.0. The maximum Gasteiger partial charge on any atom is 0.165 e. The Morgan fingerprint density at radius 2 is 1.67 bits per heavy atom. The van der Waals surface area contributed by atoms with Gasteiger partial charge in [-0.1, -0.05) is 50.2 Å². The average molecular weight is 314 g/mol. The van der Waals surface area contributed by atoms with Gasteiger partial charge in [-0.25, -0.2) is 4.98 Å². The van der Waals surface area contributed by atoms with Crippen molar-refractivity contribution in [3.63, 3.8) is 0 Å². The number of ketones is 1. The monoisotopic (exact) mass is 314 g/mol. The lowest BCUT2D eigenvalue weighted by Crippen LogP contribution is -2.29. The van der Waals surface area contributed by atoms with Crippen LogP contribution in [0.25, 0.3) is 27.5 Å². The van der Waals surface area contributed by atoms with E-state index in [1.54, 1.807) is 0 Å². The molecule has 3 heteroatoms. The van der Waals surface area contributed by atoms with E-state index in [4.69, 9.17) is 4.98 Å². The fourth-order valence-electron chi connectivity index (χ4n) is 4.16. The number of para-hydroxylation sites is 2. The molecule has 0 saturated carbocycles. The maximum absolute atomic E-state index is 13.0. The lowest BCUT2D eigenvalue weighted by Gasteiger charge is -2.31. The second-order valence-corrected chi connectivity index (χ2v) is 7.57. The summed E-state index contributed by atoms with van der Waals surface area (Å²) in [5.41, 5.74) is 4.99. The van der Waals surface area contributed by atoms with Crippen molar-refractivity contribution in [2.45, 2.75) is 26.7 Å². The molecule has 1 aliphatic carbocycles. The summed E-state index contributed by atoms with van der Waals surface area (Å²) in [6.45, 7) is 4.35. The van der Waals surface area contributed by atoms with Gasteiger partial charge in [0.15, 0.2) is 5.78 Å². The number of carbonyl (C=O) groups is 1. The molecular weight excluding hydrogens is 296 g/mol. The first kappa shape index (κ1) is 13.7. The van der Waals surface area contributed by atoms with Crippen LogP contribution in [0.2, 0.25) is 0 Å². The smallest absolute Gasteiger partial charge is 0.165 e. The third-order valence-corrected chi connectivity index (χ3v) is 5.12. The van der Waals surface area contributed by atoms with E-state index in [1.165, 1.54) is 0 Å². The SMILES string of the molecule is CC1(C)CC(=O)c2c(n3c4ccccc4nc3c3ccccc23)C1. The first-order valence-electron chi connectivity index (χ1n) is 8.39. The van der Waals surface area contributed by atoms with Gasteiger partial charge in [0.1, 0.15) is 5.65 Å². The molecule has 2 heterocycles. The van der Waals surface area contributed by atoms with E-state index >= 15 is 0 Å². The molecule has 2 aromatic heterocycles. The molecule has 0 fully saturated rings. The molecule has 4 aromatic rings. The molecule has 24 heavy (non-hydrogen) atoms. The number of fused-ring (bicyclic) bond motifs is 8. The minimum atomic E-state index is -0.0230. The number of benzene rings is 2. The molecule has 0 N–H and O–H groups in total. The van der Waals surface area contributed by atoms with E-state index in [0.29, 0.717) is 6.42 Å². The van der Waals surface area contributed by atoms with E-state index in [1.807, 2.05) is 30.3 Å². The predicted molar refractivity (Wildman–Crippen MR) is 96.6 cm³/mol. The minimum absolute atomic E-state index is 0.0230. The predicted octanol–water partition coefficient (Wildman–Crippen LogP) is 4.80. The molecule has 0 aliphatic heterocycles. The van der Waals surface area contributed by atoms with Crippen molar-refractivity contribution >= 4 is 33.2 Å². The van der Waals surface area contributed by atoms with Crippen molar-refractivity contribution in [2.24, 2.45) is 5.41 Å². The van der Waals surface area contributed by atoms with E-state index in [2.05, 4.69) is 36.4 Å². The van der Waals surface area contributed by atoms with E-state index in [-0.39, 0.29) is 11.2 Å². The van der Waals surface area contributed by atoms with Gasteiger partial charge in [-0.2, -0.15) is 0 Å². The summed E-state index contributed by atoms with van der Waals surface area (Å²) in [4.78, 5) is 17.9. The lowest BCUT2D eigenvalue weighted by atomic mass is 9.74. The summed E-state index contributed by atoms with van der Waals surface area (Å²) in [5, 5.41) is 2.09. The molecule has 2 aromatic carbocycles. The highest BCUT2D eigenvalue weighted by Crippen LogP contribution is 2.40. The first-order chi connectivity index (χ1) is 11.6. The number of pyridine rings is 1. The van der Waals surface area contributed by atoms with Crippen molar-refractivity contribution in [1.29, 1.82) is 0 Å². The number of imidazole rings is 1. The second kappa shape index (κ2) is 4.44. The van der Waals surface area contributed by atoms with Crippen molar-refractivity contribution < 1.29 is 4.79 Å². The highest BCUT2D eigenvalue weighted by atomic mass is 16.1. The number of Topliss-reactive ketones (excluding diaryl/α,β-unsaturated/α-hetero) is 1. The summed E-state index contributed by atoms with van der Waals surface area (Å²) < 4.78 is 2.21. The molecule has 0 spiro atoms. The molecule has 0 unspecified atom stereocenters. The van der Waals surface area contributed by atoms with E-state index in [0.717, 1.165) is 45.1 Å². The number of rotatable bonds is 0. The third kappa shape index (κ3) is 1.72. The highest BCUT2D eigenvalue weighted by Gasteiger charge is 2.34. The number of hydrogen-bond acceptors (Lipinski definition) is 2. The van der Waals surface area contributed by atoms with Gasteiger partial charge in [-0.3, -0.25) is 9.20 Å². The van der Waals surface area contributed by atoms with Gasteiger partial charge in [0.25, 0.3) is 0 Å². The molecule has 0 radical (unpaired) electrons. The van der Waals surface area contributed by atoms with Crippen molar-refractivity contribution in [2.75, 3.05) is 0 Å². The third-order valence-electron chi connectivity index (χ3n) is 5.12. The Labute approximate surface area is 139 Å². The molecule has 0 atom stereocenters. The molecular formula is C21H18N2O. The molecule has 3 nitrogen and oxygen atoms in total. The van der Waals surface area contributed by atoms with Gasteiger partial charge in [0.2, 0.25) is 0 Å². The van der Waals surface area contributed by atoms with Crippen LogP contribution in [0.4, 0.5) is 0 Å². The summed E-state index contributed by atoms with van der Waals surface area (Å²) in [6.07, 6.45) is 1.48. The fraction of sp³-hybridized carbons (Fsp3) is 0.238. The molecule has 0 bridgehead atoms. The van der Waals surface area contributed by atoms with Crippen molar-refractivity contribution in [1.82, 2.24) is 9.38 Å². The van der Waals surface area contributed by atoms with Gasteiger partial charge in [0.05, 0.1) is 11.0 Å². The van der Waals surface area contributed by atoms with Crippen LogP contribution in [0.3, 0.4) is 0 Å². The van der Waals surface area contributed by atoms with Gasteiger partial charge in [-0.15, -0.1) is 0 Å². The summed E-state index contributed by atoms with van der Waals surface area (Å²) >= 11 is 0. The van der Waals surface area contributed by atoms with Crippen LogP contribution >= 0.6 is 0 Å². The van der Waals surface area contributed by atoms with Gasteiger partial charge < -0.3 is 0 Å². The van der Waals surface area contributed by atoms with Gasteiger partial charge >= 0.3 is 0 Å². The molecule has 1 aliphatic rings. The Kier molecular flexibility index (Phi) is 2.54. The zero-order valence-corrected chi connectivity index (χ0v) is 13.8. The Bertz CT molecular complexity index is 1150. The zero-order valence-electron chi connectivity index (χ0n) is 13.8. The quantitative estimate of drug-likeness (QED) is 0.467. The van der Waals surface area contributed by atoms with Crippen LogP contribution in [-0.2, 0) is 6.42 Å². The molecule has 0 amide bonds. The van der Waals surface area contributed by atoms with E-state index in [9.17, 15) is 4.79 Å². The van der Waals surface area contributed by atoms with Gasteiger partial charge in [0, 0.05) is 23.1 Å². The lowest BCUT2D eigenvalue weighted by molar-refractivity contribution is 0.0912.